The normalized spacial score (nSPS) is 26.4. The number of hydrogen-bond donors (Lipinski definition) is 1. The molecule has 0 spiro atoms. The number of aryl methyl sites for hydroxylation is 2. The van der Waals surface area contributed by atoms with Gasteiger partial charge in [0.05, 0.1) is 5.69 Å². The monoisotopic (exact) mass is 192 g/mol. The van der Waals surface area contributed by atoms with Gasteiger partial charge in [0.25, 0.3) is 0 Å². The summed E-state index contributed by atoms with van der Waals surface area (Å²) in [6, 6.07) is 0. The first kappa shape index (κ1) is 8.48. The Bertz CT molecular complexity index is 305. The van der Waals surface area contributed by atoms with Crippen LogP contribution >= 0.6 is 0 Å². The molecule has 1 aromatic rings. The highest BCUT2D eigenvalue weighted by Gasteiger charge is 2.24. The molecule has 1 aliphatic heterocycles. The van der Waals surface area contributed by atoms with E-state index in [9.17, 15) is 0 Å². The van der Waals surface area contributed by atoms with Crippen LogP contribution in [0.1, 0.15) is 42.5 Å². The van der Waals surface area contributed by atoms with Crippen LogP contribution < -0.4 is 5.32 Å². The van der Waals surface area contributed by atoms with Crippen LogP contribution in [-0.4, -0.2) is 18.1 Å². The molecule has 0 bridgehead atoms. The Balaban J connectivity index is 1.82. The number of piperidine rings is 1. The first-order valence-electron chi connectivity index (χ1n) is 5.62. The van der Waals surface area contributed by atoms with Crippen molar-refractivity contribution in [1.29, 1.82) is 0 Å². The summed E-state index contributed by atoms with van der Waals surface area (Å²) in [7, 11) is 0. The molecule has 1 atom stereocenters. The van der Waals surface area contributed by atoms with Gasteiger partial charge in [0, 0.05) is 18.9 Å². The second-order valence-electron chi connectivity index (χ2n) is 4.32. The summed E-state index contributed by atoms with van der Waals surface area (Å²) in [5, 5.41) is 3.40. The van der Waals surface area contributed by atoms with Gasteiger partial charge in [0.2, 0.25) is 0 Å². The standard InChI is InChI=1S/C11H16N2O/c1-4-9-10(5-1)14-11(13-9)8-3-2-6-12-7-8/h8,12H,1-7H2. The molecule has 1 N–H and O–H groups in total. The Morgan fingerprint density at radius 2 is 2.29 bits per heavy atom. The highest BCUT2D eigenvalue weighted by Crippen LogP contribution is 2.28. The van der Waals surface area contributed by atoms with Crippen LogP contribution in [0.25, 0.3) is 0 Å². The van der Waals surface area contributed by atoms with E-state index in [1.54, 1.807) is 0 Å². The number of rotatable bonds is 1. The highest BCUT2D eigenvalue weighted by molar-refractivity contribution is 5.17. The molecule has 3 heteroatoms. The SMILES string of the molecule is C1Cc2nc(C3CCCNC3)oc2C1. The van der Waals surface area contributed by atoms with E-state index in [2.05, 4.69) is 10.3 Å². The molecule has 0 amide bonds. The molecule has 0 saturated carbocycles. The van der Waals surface area contributed by atoms with Crippen LogP contribution in [0.2, 0.25) is 0 Å². The van der Waals surface area contributed by atoms with Gasteiger partial charge in [-0.25, -0.2) is 4.98 Å². The van der Waals surface area contributed by atoms with Gasteiger partial charge in [-0.1, -0.05) is 0 Å². The van der Waals surface area contributed by atoms with E-state index in [1.807, 2.05) is 0 Å². The Morgan fingerprint density at radius 1 is 1.29 bits per heavy atom. The van der Waals surface area contributed by atoms with E-state index in [1.165, 1.54) is 25.0 Å². The summed E-state index contributed by atoms with van der Waals surface area (Å²) >= 11 is 0. The maximum absolute atomic E-state index is 5.81. The van der Waals surface area contributed by atoms with E-state index >= 15 is 0 Å². The Labute approximate surface area is 83.9 Å². The highest BCUT2D eigenvalue weighted by atomic mass is 16.4. The van der Waals surface area contributed by atoms with Gasteiger partial charge in [0.1, 0.15) is 5.76 Å². The molecule has 1 aromatic heterocycles. The molecule has 76 valence electrons. The third-order valence-electron chi connectivity index (χ3n) is 3.26. The minimum atomic E-state index is 0.523. The molecule has 1 aliphatic carbocycles. The topological polar surface area (TPSA) is 38.1 Å². The molecule has 3 rings (SSSR count). The van der Waals surface area contributed by atoms with E-state index in [4.69, 9.17) is 4.42 Å². The fraction of sp³-hybridized carbons (Fsp3) is 0.727. The van der Waals surface area contributed by atoms with Crippen molar-refractivity contribution in [3.05, 3.63) is 17.3 Å². The fourth-order valence-electron chi connectivity index (χ4n) is 2.45. The van der Waals surface area contributed by atoms with Crippen LogP contribution in [0.5, 0.6) is 0 Å². The first-order chi connectivity index (χ1) is 6.93. The largest absolute Gasteiger partial charge is 0.445 e. The van der Waals surface area contributed by atoms with E-state index in [-0.39, 0.29) is 0 Å². The van der Waals surface area contributed by atoms with Gasteiger partial charge < -0.3 is 9.73 Å². The molecular formula is C11H16N2O. The van der Waals surface area contributed by atoms with E-state index < -0.39 is 0 Å². The smallest absolute Gasteiger partial charge is 0.199 e. The van der Waals surface area contributed by atoms with Crippen molar-refractivity contribution in [2.45, 2.75) is 38.0 Å². The summed E-state index contributed by atoms with van der Waals surface area (Å²) in [5.41, 5.74) is 1.23. The zero-order valence-electron chi connectivity index (χ0n) is 8.38. The Kier molecular flexibility index (Phi) is 2.05. The van der Waals surface area contributed by atoms with Crippen LogP contribution in [0, 0.1) is 0 Å². The Morgan fingerprint density at radius 3 is 3.07 bits per heavy atom. The van der Waals surface area contributed by atoms with Crippen molar-refractivity contribution in [3.8, 4) is 0 Å². The van der Waals surface area contributed by atoms with Crippen molar-refractivity contribution in [2.75, 3.05) is 13.1 Å². The zero-order valence-corrected chi connectivity index (χ0v) is 8.38. The van der Waals surface area contributed by atoms with Crippen molar-refractivity contribution < 1.29 is 4.42 Å². The van der Waals surface area contributed by atoms with Crippen LogP contribution in [-0.2, 0) is 12.8 Å². The predicted octanol–water partition coefficient (Wildman–Crippen LogP) is 1.63. The molecule has 0 radical (unpaired) electrons. The van der Waals surface area contributed by atoms with Crippen molar-refractivity contribution in [2.24, 2.45) is 0 Å². The van der Waals surface area contributed by atoms with Gasteiger partial charge in [0.15, 0.2) is 5.89 Å². The molecular weight excluding hydrogens is 176 g/mol. The maximum atomic E-state index is 5.81. The maximum Gasteiger partial charge on any atom is 0.199 e. The average Bonchev–Trinajstić information content (AvgIpc) is 2.78. The second kappa shape index (κ2) is 3.39. The van der Waals surface area contributed by atoms with Gasteiger partial charge in [-0.15, -0.1) is 0 Å². The quantitative estimate of drug-likeness (QED) is 0.735. The van der Waals surface area contributed by atoms with Gasteiger partial charge in [-0.2, -0.15) is 0 Å². The third-order valence-corrected chi connectivity index (χ3v) is 3.26. The minimum absolute atomic E-state index is 0.523. The van der Waals surface area contributed by atoms with Gasteiger partial charge in [-0.3, -0.25) is 0 Å². The first-order valence-corrected chi connectivity index (χ1v) is 5.62. The van der Waals surface area contributed by atoms with Gasteiger partial charge in [-0.05, 0) is 32.2 Å². The van der Waals surface area contributed by atoms with Crippen LogP contribution in [0.15, 0.2) is 4.42 Å². The minimum Gasteiger partial charge on any atom is -0.445 e. The molecule has 1 saturated heterocycles. The lowest BCUT2D eigenvalue weighted by molar-refractivity contribution is 0.363. The molecule has 0 aromatic carbocycles. The summed E-state index contributed by atoms with van der Waals surface area (Å²) < 4.78 is 5.81. The number of aromatic nitrogens is 1. The van der Waals surface area contributed by atoms with E-state index in [0.717, 1.165) is 37.6 Å². The molecule has 2 heterocycles. The fourth-order valence-corrected chi connectivity index (χ4v) is 2.45. The number of hydrogen-bond acceptors (Lipinski definition) is 3. The molecule has 1 unspecified atom stereocenters. The van der Waals surface area contributed by atoms with Crippen molar-refractivity contribution in [3.63, 3.8) is 0 Å². The summed E-state index contributed by atoms with van der Waals surface area (Å²) in [6.07, 6.45) is 5.93. The Hall–Kier alpha value is -0.830. The summed E-state index contributed by atoms with van der Waals surface area (Å²) in [4.78, 5) is 4.61. The van der Waals surface area contributed by atoms with Gasteiger partial charge >= 0.3 is 0 Å². The van der Waals surface area contributed by atoms with Crippen LogP contribution in [0.4, 0.5) is 0 Å². The second-order valence-corrected chi connectivity index (χ2v) is 4.32. The molecule has 2 aliphatic rings. The summed E-state index contributed by atoms with van der Waals surface area (Å²) in [6.45, 7) is 2.19. The number of oxazole rings is 1. The predicted molar refractivity (Wildman–Crippen MR) is 53.4 cm³/mol. The lowest BCUT2D eigenvalue weighted by Crippen LogP contribution is -2.28. The molecule has 14 heavy (non-hydrogen) atoms. The lowest BCUT2D eigenvalue weighted by atomic mass is 10.00. The molecule has 3 nitrogen and oxygen atoms in total. The number of fused-ring (bicyclic) bond motifs is 1. The lowest BCUT2D eigenvalue weighted by Gasteiger charge is -2.19. The summed E-state index contributed by atoms with van der Waals surface area (Å²) in [5.74, 6) is 2.67. The third kappa shape index (κ3) is 1.36. The van der Waals surface area contributed by atoms with Crippen LogP contribution in [0.3, 0.4) is 0 Å². The average molecular weight is 192 g/mol. The van der Waals surface area contributed by atoms with Crippen molar-refractivity contribution >= 4 is 0 Å². The zero-order chi connectivity index (χ0) is 9.38. The number of nitrogens with one attached hydrogen (secondary N) is 1. The number of nitrogens with zero attached hydrogens (tertiary/aromatic N) is 1. The van der Waals surface area contributed by atoms with E-state index in [0.29, 0.717) is 5.92 Å². The molecule has 1 fully saturated rings. The van der Waals surface area contributed by atoms with Crippen molar-refractivity contribution in [1.82, 2.24) is 10.3 Å².